The minimum Gasteiger partial charge on any atom is -0.335 e. The maximum absolute atomic E-state index is 12.9. The molecule has 0 saturated carbocycles. The lowest BCUT2D eigenvalue weighted by molar-refractivity contribution is 0.0633. The van der Waals surface area contributed by atoms with Gasteiger partial charge in [-0.2, -0.15) is 11.3 Å². The maximum atomic E-state index is 12.9. The van der Waals surface area contributed by atoms with E-state index in [1.54, 1.807) is 22.7 Å². The number of aromatic nitrogens is 1. The largest absolute Gasteiger partial charge is 0.335 e. The van der Waals surface area contributed by atoms with Crippen molar-refractivity contribution in [3.05, 3.63) is 49.8 Å². The van der Waals surface area contributed by atoms with Crippen molar-refractivity contribution in [1.82, 2.24) is 14.8 Å². The van der Waals surface area contributed by atoms with Gasteiger partial charge >= 0.3 is 0 Å². The quantitative estimate of drug-likeness (QED) is 0.671. The number of carbonyl (C=O) groups is 1. The Kier molecular flexibility index (Phi) is 4.98. The number of thiazole rings is 1. The summed E-state index contributed by atoms with van der Waals surface area (Å²) in [5, 5.41) is 7.18. The van der Waals surface area contributed by atoms with Crippen LogP contribution in [0, 0.1) is 6.92 Å². The van der Waals surface area contributed by atoms with Gasteiger partial charge in [0.1, 0.15) is 9.88 Å². The summed E-state index contributed by atoms with van der Waals surface area (Å²) in [7, 11) is 0. The summed E-state index contributed by atoms with van der Waals surface area (Å²) < 4.78 is 0. The molecule has 1 saturated heterocycles. The number of thiophene rings is 2. The van der Waals surface area contributed by atoms with Crippen LogP contribution in [0.15, 0.2) is 34.3 Å². The van der Waals surface area contributed by atoms with Crippen LogP contribution in [0.2, 0.25) is 0 Å². The second-order valence-electron chi connectivity index (χ2n) is 6.09. The predicted molar refractivity (Wildman–Crippen MR) is 106 cm³/mol. The Hall–Kier alpha value is -1.54. The van der Waals surface area contributed by atoms with Crippen molar-refractivity contribution in [3.8, 4) is 10.6 Å². The molecular weight excluding hydrogens is 370 g/mol. The first-order valence-corrected chi connectivity index (χ1v) is 10.9. The molecule has 4 rings (SSSR count). The number of piperazine rings is 1. The third-order valence-corrected chi connectivity index (χ3v) is 7.12. The standard InChI is InChI=1S/C18H19N3OS3/c1-13-16(25-17(19-13)14-4-10-23-12-14)18(22)21-7-5-20(6-8-21)11-15-3-2-9-24-15/h2-4,9-10,12H,5-8,11H2,1H3. The van der Waals surface area contributed by atoms with Gasteiger partial charge in [-0.3, -0.25) is 9.69 Å². The van der Waals surface area contributed by atoms with Gasteiger partial charge in [-0.25, -0.2) is 4.98 Å². The van der Waals surface area contributed by atoms with Crippen molar-refractivity contribution >= 4 is 39.9 Å². The molecule has 1 aliphatic heterocycles. The summed E-state index contributed by atoms with van der Waals surface area (Å²) in [5.74, 6) is 0.132. The van der Waals surface area contributed by atoms with E-state index in [0.29, 0.717) is 0 Å². The van der Waals surface area contributed by atoms with Crippen LogP contribution in [0.5, 0.6) is 0 Å². The molecule has 4 heterocycles. The molecule has 3 aromatic heterocycles. The van der Waals surface area contributed by atoms with E-state index in [1.165, 1.54) is 16.2 Å². The van der Waals surface area contributed by atoms with E-state index in [9.17, 15) is 4.79 Å². The van der Waals surface area contributed by atoms with Crippen LogP contribution in [-0.2, 0) is 6.54 Å². The zero-order chi connectivity index (χ0) is 17.2. The molecule has 0 aliphatic carbocycles. The van der Waals surface area contributed by atoms with E-state index < -0.39 is 0 Å². The molecule has 1 amide bonds. The highest BCUT2D eigenvalue weighted by molar-refractivity contribution is 7.17. The first-order chi connectivity index (χ1) is 12.2. The van der Waals surface area contributed by atoms with Crippen LogP contribution in [-0.4, -0.2) is 46.9 Å². The molecule has 4 nitrogen and oxygen atoms in total. The molecule has 0 unspecified atom stereocenters. The summed E-state index contributed by atoms with van der Waals surface area (Å²) in [4.78, 5) is 24.1. The summed E-state index contributed by atoms with van der Waals surface area (Å²) in [6, 6.07) is 6.33. The van der Waals surface area contributed by atoms with Gasteiger partial charge in [-0.1, -0.05) is 6.07 Å². The number of rotatable bonds is 4. The van der Waals surface area contributed by atoms with Gasteiger partial charge < -0.3 is 4.90 Å². The monoisotopic (exact) mass is 389 g/mol. The topological polar surface area (TPSA) is 36.4 Å². The second kappa shape index (κ2) is 7.37. The van der Waals surface area contributed by atoms with Gasteiger partial charge in [0.05, 0.1) is 5.69 Å². The van der Waals surface area contributed by atoms with E-state index in [0.717, 1.165) is 53.9 Å². The van der Waals surface area contributed by atoms with Gasteiger partial charge in [0.25, 0.3) is 5.91 Å². The first-order valence-electron chi connectivity index (χ1n) is 8.25. The highest BCUT2D eigenvalue weighted by Gasteiger charge is 2.25. The van der Waals surface area contributed by atoms with E-state index in [2.05, 4.69) is 38.8 Å². The Morgan fingerprint density at radius 1 is 1.20 bits per heavy atom. The Labute approximate surface area is 159 Å². The molecule has 0 aromatic carbocycles. The lowest BCUT2D eigenvalue weighted by Crippen LogP contribution is -2.48. The Morgan fingerprint density at radius 2 is 2.04 bits per heavy atom. The number of hydrogen-bond acceptors (Lipinski definition) is 6. The van der Waals surface area contributed by atoms with Crippen LogP contribution in [0.4, 0.5) is 0 Å². The summed E-state index contributed by atoms with van der Waals surface area (Å²) >= 11 is 4.97. The zero-order valence-corrected chi connectivity index (χ0v) is 16.4. The molecule has 25 heavy (non-hydrogen) atoms. The summed E-state index contributed by atoms with van der Waals surface area (Å²) in [6.07, 6.45) is 0. The average molecular weight is 390 g/mol. The number of nitrogens with zero attached hydrogens (tertiary/aromatic N) is 3. The zero-order valence-electron chi connectivity index (χ0n) is 14.0. The molecule has 130 valence electrons. The van der Waals surface area contributed by atoms with Gasteiger partial charge in [0, 0.05) is 48.5 Å². The van der Waals surface area contributed by atoms with Crippen LogP contribution >= 0.6 is 34.0 Å². The van der Waals surface area contributed by atoms with Crippen LogP contribution < -0.4 is 0 Å². The third kappa shape index (κ3) is 3.69. The Balaban J connectivity index is 1.40. The molecular formula is C18H19N3OS3. The fraction of sp³-hybridized carbons (Fsp3) is 0.333. The molecule has 3 aromatic rings. The van der Waals surface area contributed by atoms with Crippen molar-refractivity contribution in [1.29, 1.82) is 0 Å². The fourth-order valence-electron chi connectivity index (χ4n) is 2.98. The minimum atomic E-state index is 0.132. The highest BCUT2D eigenvalue weighted by Crippen LogP contribution is 2.30. The molecule has 0 radical (unpaired) electrons. The van der Waals surface area contributed by atoms with Crippen molar-refractivity contribution in [3.63, 3.8) is 0 Å². The molecule has 1 fully saturated rings. The second-order valence-corrected chi connectivity index (χ2v) is 8.90. The highest BCUT2D eigenvalue weighted by atomic mass is 32.1. The predicted octanol–water partition coefficient (Wildman–Crippen LogP) is 4.20. The Morgan fingerprint density at radius 3 is 2.72 bits per heavy atom. The Bertz CT molecular complexity index is 831. The molecule has 1 aliphatic rings. The van der Waals surface area contributed by atoms with Gasteiger partial charge in [-0.05, 0) is 29.8 Å². The lowest BCUT2D eigenvalue weighted by Gasteiger charge is -2.34. The van der Waals surface area contributed by atoms with E-state index in [1.807, 2.05) is 17.2 Å². The first kappa shape index (κ1) is 16.9. The van der Waals surface area contributed by atoms with Crippen LogP contribution in [0.1, 0.15) is 20.2 Å². The van der Waals surface area contributed by atoms with Crippen molar-refractivity contribution in [2.75, 3.05) is 26.2 Å². The molecule has 0 bridgehead atoms. The molecule has 0 atom stereocenters. The van der Waals surface area contributed by atoms with Gasteiger partial charge in [-0.15, -0.1) is 22.7 Å². The lowest BCUT2D eigenvalue weighted by atomic mass is 10.2. The minimum absolute atomic E-state index is 0.132. The van der Waals surface area contributed by atoms with E-state index in [4.69, 9.17) is 0 Å². The maximum Gasteiger partial charge on any atom is 0.265 e. The van der Waals surface area contributed by atoms with Crippen molar-refractivity contribution in [2.24, 2.45) is 0 Å². The van der Waals surface area contributed by atoms with Gasteiger partial charge in [0.2, 0.25) is 0 Å². The smallest absolute Gasteiger partial charge is 0.265 e. The fourth-order valence-corrected chi connectivity index (χ4v) is 5.47. The normalized spacial score (nSPS) is 15.6. The number of hydrogen-bond donors (Lipinski definition) is 0. The molecule has 0 N–H and O–H groups in total. The van der Waals surface area contributed by atoms with E-state index in [-0.39, 0.29) is 5.91 Å². The van der Waals surface area contributed by atoms with E-state index >= 15 is 0 Å². The number of carbonyl (C=O) groups excluding carboxylic acids is 1. The SMILES string of the molecule is Cc1nc(-c2ccsc2)sc1C(=O)N1CCN(Cc2cccs2)CC1. The average Bonchev–Trinajstić information content (AvgIpc) is 3.36. The summed E-state index contributed by atoms with van der Waals surface area (Å²) in [5.41, 5.74) is 1.95. The van der Waals surface area contributed by atoms with Crippen molar-refractivity contribution < 1.29 is 4.79 Å². The summed E-state index contributed by atoms with van der Waals surface area (Å²) in [6.45, 7) is 6.36. The number of aryl methyl sites for hydroxylation is 1. The molecule has 0 spiro atoms. The van der Waals surface area contributed by atoms with Crippen LogP contribution in [0.3, 0.4) is 0 Å². The van der Waals surface area contributed by atoms with Gasteiger partial charge in [0.15, 0.2) is 0 Å². The molecule has 7 heteroatoms. The number of amides is 1. The third-order valence-electron chi connectivity index (χ3n) is 4.38. The van der Waals surface area contributed by atoms with Crippen molar-refractivity contribution in [2.45, 2.75) is 13.5 Å². The van der Waals surface area contributed by atoms with Crippen LogP contribution in [0.25, 0.3) is 10.6 Å².